The molecule has 6 nitrogen and oxygen atoms in total. The predicted octanol–water partition coefficient (Wildman–Crippen LogP) is 2.18. The van der Waals surface area contributed by atoms with E-state index in [1.807, 2.05) is 36.4 Å². The smallest absolute Gasteiger partial charge is 0.246 e. The van der Waals surface area contributed by atoms with E-state index in [1.165, 1.54) is 7.11 Å². The highest BCUT2D eigenvalue weighted by Gasteiger charge is 2.26. The molecular weight excluding hydrogens is 306 g/mol. The van der Waals surface area contributed by atoms with Crippen LogP contribution >= 0.6 is 0 Å². The van der Waals surface area contributed by atoms with Crippen LogP contribution in [0.5, 0.6) is 11.8 Å². The summed E-state index contributed by atoms with van der Waals surface area (Å²) < 4.78 is 10.7. The summed E-state index contributed by atoms with van der Waals surface area (Å²) >= 11 is 0. The quantitative estimate of drug-likeness (QED) is 0.788. The van der Waals surface area contributed by atoms with Crippen molar-refractivity contribution in [2.24, 2.45) is 0 Å². The molecule has 0 aliphatic carbocycles. The van der Waals surface area contributed by atoms with Gasteiger partial charge in [-0.3, -0.25) is 4.79 Å². The summed E-state index contributed by atoms with van der Waals surface area (Å²) in [4.78, 5) is 14.0. The van der Waals surface area contributed by atoms with Crippen molar-refractivity contribution in [3.8, 4) is 11.8 Å². The molecule has 1 aliphatic rings. The second kappa shape index (κ2) is 7.59. The third-order valence-corrected chi connectivity index (χ3v) is 3.79. The lowest BCUT2D eigenvalue weighted by Gasteiger charge is -2.15. The molecule has 2 aromatic rings. The van der Waals surface area contributed by atoms with Gasteiger partial charge in [0.1, 0.15) is 6.10 Å². The van der Waals surface area contributed by atoms with Gasteiger partial charge in [0.25, 0.3) is 0 Å². The topological polar surface area (TPSA) is 64.6 Å². The maximum absolute atomic E-state index is 12.2. The van der Waals surface area contributed by atoms with Crippen LogP contribution in [-0.4, -0.2) is 47.3 Å². The minimum absolute atomic E-state index is 0.00855. The minimum atomic E-state index is -0.0678. The van der Waals surface area contributed by atoms with E-state index in [4.69, 9.17) is 9.47 Å². The molecule has 0 bridgehead atoms. The molecule has 1 fully saturated rings. The molecule has 0 N–H and O–H groups in total. The third kappa shape index (κ3) is 4.10. The van der Waals surface area contributed by atoms with Crippen molar-refractivity contribution in [1.82, 2.24) is 15.1 Å². The van der Waals surface area contributed by atoms with Gasteiger partial charge in [0.2, 0.25) is 17.7 Å². The molecule has 1 aliphatic heterocycles. The molecular formula is C18H19N3O3. The van der Waals surface area contributed by atoms with E-state index in [9.17, 15) is 4.79 Å². The monoisotopic (exact) mass is 325 g/mol. The Morgan fingerprint density at radius 1 is 1.17 bits per heavy atom. The Hall–Kier alpha value is -2.89. The summed E-state index contributed by atoms with van der Waals surface area (Å²) in [6.45, 7) is 1.22. The van der Waals surface area contributed by atoms with Crippen LogP contribution in [0.1, 0.15) is 12.0 Å². The van der Waals surface area contributed by atoms with Crippen LogP contribution in [0.4, 0.5) is 0 Å². The largest absolute Gasteiger partial charge is 0.480 e. The van der Waals surface area contributed by atoms with Crippen LogP contribution in [-0.2, 0) is 4.79 Å². The number of aromatic nitrogens is 2. The van der Waals surface area contributed by atoms with Gasteiger partial charge in [0.05, 0.1) is 13.7 Å². The van der Waals surface area contributed by atoms with Gasteiger partial charge >= 0.3 is 0 Å². The number of likely N-dealkylation sites (tertiary alicyclic amines) is 1. The fourth-order valence-corrected chi connectivity index (χ4v) is 2.51. The molecule has 0 radical (unpaired) electrons. The van der Waals surface area contributed by atoms with Crippen molar-refractivity contribution < 1.29 is 14.3 Å². The lowest BCUT2D eigenvalue weighted by molar-refractivity contribution is -0.125. The van der Waals surface area contributed by atoms with E-state index in [0.29, 0.717) is 24.8 Å². The number of carbonyl (C=O) groups excluding carboxylic acids is 1. The van der Waals surface area contributed by atoms with Gasteiger partial charge < -0.3 is 14.4 Å². The van der Waals surface area contributed by atoms with E-state index in [0.717, 1.165) is 12.0 Å². The maximum Gasteiger partial charge on any atom is 0.246 e. The molecule has 1 unspecified atom stereocenters. The molecule has 1 aromatic carbocycles. The summed E-state index contributed by atoms with van der Waals surface area (Å²) in [5, 5.41) is 7.81. The molecule has 3 rings (SSSR count). The molecule has 1 aromatic heterocycles. The molecule has 0 saturated carbocycles. The number of amides is 1. The highest BCUT2D eigenvalue weighted by atomic mass is 16.5. The number of nitrogens with zero attached hydrogens (tertiary/aromatic N) is 3. The van der Waals surface area contributed by atoms with Crippen LogP contribution < -0.4 is 9.47 Å². The van der Waals surface area contributed by atoms with E-state index < -0.39 is 0 Å². The van der Waals surface area contributed by atoms with Crippen LogP contribution in [0.25, 0.3) is 6.08 Å². The van der Waals surface area contributed by atoms with E-state index >= 15 is 0 Å². The molecule has 6 heteroatoms. The van der Waals surface area contributed by atoms with Gasteiger partial charge in [-0.2, -0.15) is 0 Å². The van der Waals surface area contributed by atoms with Crippen molar-refractivity contribution >= 4 is 12.0 Å². The third-order valence-electron chi connectivity index (χ3n) is 3.79. The Bertz CT molecular complexity index is 701. The number of benzene rings is 1. The number of hydrogen-bond donors (Lipinski definition) is 0. The summed E-state index contributed by atoms with van der Waals surface area (Å²) in [6, 6.07) is 13.2. The Balaban J connectivity index is 1.52. The van der Waals surface area contributed by atoms with Gasteiger partial charge in [0.15, 0.2) is 0 Å². The molecule has 124 valence electrons. The standard InChI is InChI=1S/C18H19N3O3/c1-23-16-8-9-17(20-19-16)24-15-11-12-21(13-15)18(22)10-7-14-5-3-2-4-6-14/h2-10,15H,11-13H2,1H3/b10-7+. The van der Waals surface area contributed by atoms with Gasteiger partial charge in [-0.25, -0.2) is 0 Å². The van der Waals surface area contributed by atoms with Crippen molar-refractivity contribution in [2.75, 3.05) is 20.2 Å². The van der Waals surface area contributed by atoms with E-state index in [2.05, 4.69) is 10.2 Å². The zero-order valence-corrected chi connectivity index (χ0v) is 13.5. The Morgan fingerprint density at radius 2 is 1.92 bits per heavy atom. The van der Waals surface area contributed by atoms with Gasteiger partial charge in [0, 0.05) is 31.2 Å². The number of ether oxygens (including phenoxy) is 2. The lowest BCUT2D eigenvalue weighted by Crippen LogP contribution is -2.29. The predicted molar refractivity (Wildman–Crippen MR) is 89.7 cm³/mol. The summed E-state index contributed by atoms with van der Waals surface area (Å²) in [5.41, 5.74) is 1.01. The van der Waals surface area contributed by atoms with Crippen molar-refractivity contribution in [2.45, 2.75) is 12.5 Å². The number of rotatable bonds is 5. The van der Waals surface area contributed by atoms with E-state index in [-0.39, 0.29) is 12.0 Å². The fourth-order valence-electron chi connectivity index (χ4n) is 2.51. The Morgan fingerprint density at radius 3 is 2.62 bits per heavy atom. The van der Waals surface area contributed by atoms with Crippen LogP contribution in [0.15, 0.2) is 48.5 Å². The first-order valence-corrected chi connectivity index (χ1v) is 7.81. The number of carbonyl (C=O) groups is 1. The SMILES string of the molecule is COc1ccc(OC2CCN(C(=O)/C=C/c3ccccc3)C2)nn1. The van der Waals surface area contributed by atoms with Gasteiger partial charge in [-0.05, 0) is 11.6 Å². The maximum atomic E-state index is 12.2. The molecule has 24 heavy (non-hydrogen) atoms. The summed E-state index contributed by atoms with van der Waals surface area (Å²) in [6.07, 6.45) is 4.14. The second-order valence-electron chi connectivity index (χ2n) is 5.47. The molecule has 1 atom stereocenters. The first-order chi connectivity index (χ1) is 11.7. The molecule has 1 saturated heterocycles. The molecule has 1 amide bonds. The first kappa shape index (κ1) is 16.0. The number of methoxy groups -OCH3 is 1. The fraction of sp³-hybridized carbons (Fsp3) is 0.278. The van der Waals surface area contributed by atoms with Crippen LogP contribution in [0.2, 0.25) is 0 Å². The number of hydrogen-bond acceptors (Lipinski definition) is 5. The average Bonchev–Trinajstić information content (AvgIpc) is 3.10. The zero-order chi connectivity index (χ0) is 16.8. The highest BCUT2D eigenvalue weighted by Crippen LogP contribution is 2.18. The Kier molecular flexibility index (Phi) is 5.05. The first-order valence-electron chi connectivity index (χ1n) is 7.81. The molecule has 0 spiro atoms. The lowest BCUT2D eigenvalue weighted by atomic mass is 10.2. The Labute approximate surface area is 140 Å². The van der Waals surface area contributed by atoms with Gasteiger partial charge in [-0.15, -0.1) is 10.2 Å². The average molecular weight is 325 g/mol. The second-order valence-corrected chi connectivity index (χ2v) is 5.47. The summed E-state index contributed by atoms with van der Waals surface area (Å²) in [7, 11) is 1.54. The van der Waals surface area contributed by atoms with Crippen molar-refractivity contribution in [3.63, 3.8) is 0 Å². The normalized spacial score (nSPS) is 17.2. The van der Waals surface area contributed by atoms with Gasteiger partial charge in [-0.1, -0.05) is 30.3 Å². The van der Waals surface area contributed by atoms with Crippen LogP contribution in [0, 0.1) is 0 Å². The molecule has 2 heterocycles. The highest BCUT2D eigenvalue weighted by molar-refractivity contribution is 5.92. The van der Waals surface area contributed by atoms with E-state index in [1.54, 1.807) is 23.1 Å². The van der Waals surface area contributed by atoms with Crippen molar-refractivity contribution in [3.05, 3.63) is 54.1 Å². The minimum Gasteiger partial charge on any atom is -0.480 e. The van der Waals surface area contributed by atoms with Crippen molar-refractivity contribution in [1.29, 1.82) is 0 Å². The summed E-state index contributed by atoms with van der Waals surface area (Å²) in [5.74, 6) is 0.873. The zero-order valence-electron chi connectivity index (χ0n) is 13.5. The van der Waals surface area contributed by atoms with Crippen LogP contribution in [0.3, 0.4) is 0 Å².